The first-order valence-electron chi connectivity index (χ1n) is 13.5. The van der Waals surface area contributed by atoms with Gasteiger partial charge < -0.3 is 10.2 Å². The van der Waals surface area contributed by atoms with Gasteiger partial charge in [-0.05, 0) is 62.5 Å². The minimum atomic E-state index is -1.05. The zero-order valence-electron chi connectivity index (χ0n) is 20.5. The van der Waals surface area contributed by atoms with Gasteiger partial charge in [-0.3, -0.25) is 14.4 Å². The largest absolute Gasteiger partial charge is 0.393 e. The Morgan fingerprint density at radius 2 is 1.97 bits per heavy atom. The van der Waals surface area contributed by atoms with E-state index in [0.29, 0.717) is 12.5 Å². The van der Waals surface area contributed by atoms with E-state index in [9.17, 15) is 19.8 Å². The molecule has 5 aliphatic carbocycles. The molecule has 1 aliphatic heterocycles. The standard InChI is InChI=1S/C28H39NO5/c1-26-11-10-20(31)12-17(26)8-9-21-22-13-18-15-29(19-6-4-3-5-7-19)34-28(18,24(33)16-30)27(22,2)14-23(32)25(21)26/h10-12,18-19,21-23,25,30,32H,3-9,13-16H2,1-2H3/t18-,21-,22-,23-,25+,26-,27-,28-/m0/s1. The van der Waals surface area contributed by atoms with Crippen LogP contribution in [-0.2, 0) is 14.4 Å². The molecule has 6 heteroatoms. The molecule has 0 spiro atoms. The molecule has 186 valence electrons. The van der Waals surface area contributed by atoms with Gasteiger partial charge in [0.05, 0.1) is 6.10 Å². The van der Waals surface area contributed by atoms with Crippen LogP contribution in [0.15, 0.2) is 23.8 Å². The van der Waals surface area contributed by atoms with E-state index in [-0.39, 0.29) is 40.7 Å². The van der Waals surface area contributed by atoms with Crippen LogP contribution in [0.25, 0.3) is 0 Å². The first kappa shape index (κ1) is 23.1. The number of allylic oxidation sites excluding steroid dienone is 4. The molecule has 0 amide bonds. The van der Waals surface area contributed by atoms with E-state index in [2.05, 4.69) is 18.9 Å². The maximum atomic E-state index is 13.6. The molecule has 8 atom stereocenters. The summed E-state index contributed by atoms with van der Waals surface area (Å²) in [6, 6.07) is 0.345. The van der Waals surface area contributed by atoms with E-state index in [1.807, 2.05) is 6.08 Å². The lowest BCUT2D eigenvalue weighted by molar-refractivity contribution is -0.265. The number of fused-ring (bicyclic) bond motifs is 7. The van der Waals surface area contributed by atoms with Crippen LogP contribution in [0.4, 0.5) is 0 Å². The number of aliphatic hydroxyl groups excluding tert-OH is 2. The Balaban J connectivity index is 1.37. The third-order valence-corrected chi connectivity index (χ3v) is 11.0. The van der Waals surface area contributed by atoms with Crippen LogP contribution in [-0.4, -0.2) is 57.7 Å². The Hall–Kier alpha value is -1.34. The summed E-state index contributed by atoms with van der Waals surface area (Å²) in [5, 5.41) is 23.9. The van der Waals surface area contributed by atoms with Crippen molar-refractivity contribution in [3.8, 4) is 0 Å². The van der Waals surface area contributed by atoms with Gasteiger partial charge >= 0.3 is 0 Å². The van der Waals surface area contributed by atoms with Gasteiger partial charge in [0.15, 0.2) is 17.2 Å². The molecular weight excluding hydrogens is 430 g/mol. The van der Waals surface area contributed by atoms with Crippen molar-refractivity contribution in [2.45, 2.75) is 89.4 Å². The second kappa shape index (κ2) is 7.83. The van der Waals surface area contributed by atoms with Crippen LogP contribution < -0.4 is 0 Å². The summed E-state index contributed by atoms with van der Waals surface area (Å²) in [6.45, 7) is 4.56. The van der Waals surface area contributed by atoms with Crippen molar-refractivity contribution >= 4 is 11.6 Å². The summed E-state index contributed by atoms with van der Waals surface area (Å²) in [7, 11) is 0. The SMILES string of the molecule is C[C@]12C=CC(=O)C=C1CC[C@@H]1[C@@H]2[C@@H](O)C[C@@]2(C)[C@H]1C[C@H]1CN(C3CCCCC3)O[C@]12C(=O)CO. The molecule has 6 aliphatic rings. The number of carbonyl (C=O) groups excluding carboxylic acids is 2. The summed E-state index contributed by atoms with van der Waals surface area (Å²) in [4.78, 5) is 32.4. The molecule has 0 aromatic carbocycles. The van der Waals surface area contributed by atoms with Crippen molar-refractivity contribution in [2.75, 3.05) is 13.2 Å². The van der Waals surface area contributed by atoms with Crippen LogP contribution in [0.2, 0.25) is 0 Å². The van der Waals surface area contributed by atoms with E-state index < -0.39 is 23.7 Å². The topological polar surface area (TPSA) is 87.1 Å². The smallest absolute Gasteiger partial charge is 0.192 e. The van der Waals surface area contributed by atoms with Crippen LogP contribution in [0.5, 0.6) is 0 Å². The maximum Gasteiger partial charge on any atom is 0.192 e. The number of Topliss-reactive ketones (excluding diaryl/α,β-unsaturated/α-hetero) is 1. The van der Waals surface area contributed by atoms with E-state index in [4.69, 9.17) is 4.84 Å². The summed E-state index contributed by atoms with van der Waals surface area (Å²) in [6.07, 6.45) is 13.9. The van der Waals surface area contributed by atoms with Gasteiger partial charge in [0.1, 0.15) is 6.61 Å². The lowest BCUT2D eigenvalue weighted by atomic mass is 9.46. The van der Waals surface area contributed by atoms with Gasteiger partial charge in [-0.1, -0.05) is 44.8 Å². The molecular formula is C28H39NO5. The zero-order chi connectivity index (χ0) is 23.9. The monoisotopic (exact) mass is 469 g/mol. The van der Waals surface area contributed by atoms with E-state index in [0.717, 1.165) is 44.2 Å². The van der Waals surface area contributed by atoms with Crippen molar-refractivity contribution in [2.24, 2.45) is 34.5 Å². The normalized spacial score (nSPS) is 48.6. The van der Waals surface area contributed by atoms with Gasteiger partial charge in [-0.15, -0.1) is 0 Å². The van der Waals surface area contributed by atoms with Gasteiger partial charge in [-0.25, -0.2) is 0 Å². The van der Waals surface area contributed by atoms with Crippen molar-refractivity contribution in [1.82, 2.24) is 5.06 Å². The fourth-order valence-electron chi connectivity index (χ4n) is 9.60. The summed E-state index contributed by atoms with van der Waals surface area (Å²) in [5.74, 6) is 0.416. The number of ketones is 2. The second-order valence-electron chi connectivity index (χ2n) is 12.4. The van der Waals surface area contributed by atoms with Crippen LogP contribution >= 0.6 is 0 Å². The molecule has 0 radical (unpaired) electrons. The summed E-state index contributed by atoms with van der Waals surface area (Å²) >= 11 is 0. The lowest BCUT2D eigenvalue weighted by Gasteiger charge is -2.60. The number of carbonyl (C=O) groups is 2. The van der Waals surface area contributed by atoms with Gasteiger partial charge in [-0.2, -0.15) is 5.06 Å². The highest BCUT2D eigenvalue weighted by molar-refractivity contribution is 6.01. The third-order valence-electron chi connectivity index (χ3n) is 11.0. The predicted molar refractivity (Wildman–Crippen MR) is 126 cm³/mol. The average molecular weight is 470 g/mol. The Kier molecular flexibility index (Phi) is 5.31. The van der Waals surface area contributed by atoms with Gasteiger partial charge in [0, 0.05) is 35.3 Å². The first-order valence-corrected chi connectivity index (χ1v) is 13.5. The van der Waals surface area contributed by atoms with E-state index in [1.165, 1.54) is 19.3 Å². The van der Waals surface area contributed by atoms with Crippen LogP contribution in [0, 0.1) is 34.5 Å². The zero-order valence-corrected chi connectivity index (χ0v) is 20.5. The first-order chi connectivity index (χ1) is 16.2. The fraction of sp³-hybridized carbons (Fsp3) is 0.786. The highest BCUT2D eigenvalue weighted by Gasteiger charge is 2.75. The highest BCUT2D eigenvalue weighted by atomic mass is 16.7. The Morgan fingerprint density at radius 3 is 2.71 bits per heavy atom. The molecule has 34 heavy (non-hydrogen) atoms. The number of aliphatic hydroxyl groups is 2. The van der Waals surface area contributed by atoms with Gasteiger partial charge in [0.2, 0.25) is 0 Å². The third kappa shape index (κ3) is 2.89. The lowest BCUT2D eigenvalue weighted by Crippen LogP contribution is -2.63. The fourth-order valence-corrected chi connectivity index (χ4v) is 9.60. The molecule has 0 unspecified atom stereocenters. The quantitative estimate of drug-likeness (QED) is 0.659. The summed E-state index contributed by atoms with van der Waals surface area (Å²) < 4.78 is 0. The molecule has 4 saturated carbocycles. The minimum Gasteiger partial charge on any atom is -0.393 e. The molecule has 6 nitrogen and oxygen atoms in total. The predicted octanol–water partition coefficient (Wildman–Crippen LogP) is 3.37. The molecule has 5 fully saturated rings. The number of hydrogen-bond acceptors (Lipinski definition) is 6. The van der Waals surface area contributed by atoms with Crippen molar-refractivity contribution in [1.29, 1.82) is 0 Å². The Morgan fingerprint density at radius 1 is 1.21 bits per heavy atom. The van der Waals surface area contributed by atoms with Crippen LogP contribution in [0.1, 0.15) is 71.6 Å². The Labute approximate surface area is 202 Å². The highest BCUT2D eigenvalue weighted by Crippen LogP contribution is 2.70. The Bertz CT molecular complexity index is 952. The molecule has 1 heterocycles. The molecule has 2 N–H and O–H groups in total. The van der Waals surface area contributed by atoms with Crippen molar-refractivity contribution in [3.63, 3.8) is 0 Å². The number of hydrogen-bond donors (Lipinski definition) is 2. The van der Waals surface area contributed by atoms with Crippen molar-refractivity contribution in [3.05, 3.63) is 23.8 Å². The van der Waals surface area contributed by atoms with E-state index in [1.54, 1.807) is 12.2 Å². The summed E-state index contributed by atoms with van der Waals surface area (Å²) in [5.41, 5.74) is -0.750. The van der Waals surface area contributed by atoms with Crippen molar-refractivity contribution < 1.29 is 24.6 Å². The number of hydroxylamine groups is 2. The second-order valence-corrected chi connectivity index (χ2v) is 12.4. The van der Waals surface area contributed by atoms with Crippen LogP contribution in [0.3, 0.4) is 0 Å². The minimum absolute atomic E-state index is 0.0319. The number of rotatable bonds is 3. The average Bonchev–Trinajstić information content (AvgIpc) is 3.32. The molecule has 0 aromatic rings. The molecule has 6 rings (SSSR count). The molecule has 0 aromatic heterocycles. The van der Waals surface area contributed by atoms with Gasteiger partial charge in [0.25, 0.3) is 0 Å². The molecule has 0 bridgehead atoms. The maximum absolute atomic E-state index is 13.6. The van der Waals surface area contributed by atoms with E-state index >= 15 is 0 Å². The molecule has 1 saturated heterocycles. The number of nitrogens with zero attached hydrogens (tertiary/aromatic N) is 1.